The fraction of sp³-hybridized carbons (Fsp3) is 0.111. The fourth-order valence-corrected chi connectivity index (χ4v) is 2.26. The van der Waals surface area contributed by atoms with Crippen molar-refractivity contribution in [3.8, 4) is 17.1 Å². The van der Waals surface area contributed by atoms with Gasteiger partial charge in [0.15, 0.2) is 5.82 Å². The minimum Gasteiger partial charge on any atom is -0.496 e. The molecule has 6 heteroatoms. The molecule has 0 radical (unpaired) electrons. The van der Waals surface area contributed by atoms with E-state index >= 15 is 0 Å². The van der Waals surface area contributed by atoms with Gasteiger partial charge >= 0.3 is 0 Å². The predicted molar refractivity (Wildman–Crippen MR) is 90.6 cm³/mol. The van der Waals surface area contributed by atoms with Gasteiger partial charge in [-0.25, -0.2) is 9.97 Å². The third-order valence-corrected chi connectivity index (χ3v) is 3.40. The van der Waals surface area contributed by atoms with Gasteiger partial charge in [0.05, 0.1) is 31.6 Å². The minimum absolute atomic E-state index is 0.155. The van der Waals surface area contributed by atoms with Crippen molar-refractivity contribution in [2.45, 2.75) is 6.42 Å². The van der Waals surface area contributed by atoms with E-state index < -0.39 is 0 Å². The molecule has 0 bridgehead atoms. The topological polar surface area (TPSA) is 77.0 Å². The third kappa shape index (κ3) is 3.73. The number of rotatable bonds is 5. The maximum absolute atomic E-state index is 12.2. The van der Waals surface area contributed by atoms with Gasteiger partial charge in [-0.05, 0) is 18.2 Å². The molecule has 1 aromatic carbocycles. The molecule has 2 aromatic heterocycles. The Morgan fingerprint density at radius 2 is 1.88 bits per heavy atom. The van der Waals surface area contributed by atoms with Crippen molar-refractivity contribution < 1.29 is 9.53 Å². The van der Waals surface area contributed by atoms with Crippen LogP contribution in [0.25, 0.3) is 11.4 Å². The lowest BCUT2D eigenvalue weighted by Crippen LogP contribution is -2.15. The Kier molecular flexibility index (Phi) is 4.76. The van der Waals surface area contributed by atoms with Crippen LogP contribution in [-0.4, -0.2) is 28.0 Å². The van der Waals surface area contributed by atoms with Crippen LogP contribution in [0.2, 0.25) is 0 Å². The molecule has 0 fully saturated rings. The second-order valence-electron chi connectivity index (χ2n) is 5.07. The molecule has 3 aromatic rings. The number of carbonyl (C=O) groups is 1. The van der Waals surface area contributed by atoms with Crippen LogP contribution in [0, 0.1) is 0 Å². The Bertz CT molecular complexity index is 820. The van der Waals surface area contributed by atoms with E-state index in [4.69, 9.17) is 4.74 Å². The summed E-state index contributed by atoms with van der Waals surface area (Å²) in [6.07, 6.45) is 6.75. The molecule has 2 heterocycles. The summed E-state index contributed by atoms with van der Waals surface area (Å²) in [4.78, 5) is 24.7. The van der Waals surface area contributed by atoms with E-state index in [0.717, 1.165) is 11.1 Å². The number of nitrogens with one attached hydrogen (secondary N) is 1. The van der Waals surface area contributed by atoms with Gasteiger partial charge in [0.25, 0.3) is 0 Å². The van der Waals surface area contributed by atoms with Gasteiger partial charge in [0, 0.05) is 23.5 Å². The lowest BCUT2D eigenvalue weighted by molar-refractivity contribution is -0.115. The summed E-state index contributed by atoms with van der Waals surface area (Å²) in [5.41, 5.74) is 2.19. The highest BCUT2D eigenvalue weighted by Crippen LogP contribution is 2.18. The number of methoxy groups -OCH3 is 1. The van der Waals surface area contributed by atoms with E-state index in [9.17, 15) is 4.79 Å². The number of nitrogens with zero attached hydrogens (tertiary/aromatic N) is 3. The highest BCUT2D eigenvalue weighted by molar-refractivity contribution is 5.92. The first-order valence-corrected chi connectivity index (χ1v) is 7.40. The molecule has 24 heavy (non-hydrogen) atoms. The number of carbonyl (C=O) groups excluding carboxylic acids is 1. The number of ether oxygens (including phenoxy) is 1. The molecule has 0 unspecified atom stereocenters. The third-order valence-electron chi connectivity index (χ3n) is 3.40. The van der Waals surface area contributed by atoms with Gasteiger partial charge in [-0.3, -0.25) is 9.78 Å². The first-order chi connectivity index (χ1) is 11.8. The number of pyridine rings is 1. The van der Waals surface area contributed by atoms with Crippen LogP contribution in [0.3, 0.4) is 0 Å². The van der Waals surface area contributed by atoms with E-state index in [1.54, 1.807) is 31.9 Å². The second kappa shape index (κ2) is 7.32. The number of hydrogen-bond donors (Lipinski definition) is 1. The molecule has 120 valence electrons. The Labute approximate surface area is 139 Å². The molecular formula is C18H16N4O2. The van der Waals surface area contributed by atoms with E-state index in [1.165, 1.54) is 0 Å². The summed E-state index contributed by atoms with van der Waals surface area (Å²) in [6, 6.07) is 11.1. The molecular weight excluding hydrogens is 304 g/mol. The van der Waals surface area contributed by atoms with Crippen molar-refractivity contribution in [3.05, 3.63) is 66.7 Å². The quantitative estimate of drug-likeness (QED) is 0.782. The zero-order chi connectivity index (χ0) is 16.8. The van der Waals surface area contributed by atoms with Gasteiger partial charge in [0.2, 0.25) is 5.91 Å². The first-order valence-electron chi connectivity index (χ1n) is 7.40. The second-order valence-corrected chi connectivity index (χ2v) is 5.07. The van der Waals surface area contributed by atoms with Gasteiger partial charge < -0.3 is 10.1 Å². The molecule has 0 spiro atoms. The van der Waals surface area contributed by atoms with Crippen LogP contribution >= 0.6 is 0 Å². The van der Waals surface area contributed by atoms with Crippen molar-refractivity contribution in [1.82, 2.24) is 15.0 Å². The van der Waals surface area contributed by atoms with Crippen LogP contribution in [0.1, 0.15) is 5.56 Å². The summed E-state index contributed by atoms with van der Waals surface area (Å²) < 4.78 is 5.25. The summed E-state index contributed by atoms with van der Waals surface area (Å²) >= 11 is 0. The van der Waals surface area contributed by atoms with Crippen LogP contribution in [0.15, 0.2) is 61.2 Å². The Morgan fingerprint density at radius 1 is 1.08 bits per heavy atom. The Hall–Kier alpha value is -3.28. The number of amides is 1. The van der Waals surface area contributed by atoms with Crippen LogP contribution in [0.5, 0.6) is 5.75 Å². The van der Waals surface area contributed by atoms with Crippen LogP contribution in [0.4, 0.5) is 5.69 Å². The molecule has 0 saturated heterocycles. The molecule has 0 saturated carbocycles. The lowest BCUT2D eigenvalue weighted by atomic mass is 10.1. The Morgan fingerprint density at radius 3 is 2.58 bits per heavy atom. The van der Waals surface area contributed by atoms with Crippen LogP contribution < -0.4 is 10.1 Å². The number of para-hydroxylation sites is 1. The van der Waals surface area contributed by atoms with Crippen molar-refractivity contribution >= 4 is 11.6 Å². The maximum atomic E-state index is 12.2. The smallest absolute Gasteiger partial charge is 0.229 e. The van der Waals surface area contributed by atoms with E-state index in [-0.39, 0.29) is 12.3 Å². The normalized spacial score (nSPS) is 10.2. The molecule has 3 rings (SSSR count). The SMILES string of the molecule is COc1ccccc1CC(=O)Nc1cnc(-c2cccnc2)nc1. The molecule has 0 aliphatic rings. The minimum atomic E-state index is -0.155. The molecule has 1 N–H and O–H groups in total. The summed E-state index contributed by atoms with van der Waals surface area (Å²) in [7, 11) is 1.59. The maximum Gasteiger partial charge on any atom is 0.229 e. The van der Waals surface area contributed by atoms with E-state index in [2.05, 4.69) is 20.3 Å². The molecule has 0 atom stereocenters. The van der Waals surface area contributed by atoms with Crippen molar-refractivity contribution in [2.75, 3.05) is 12.4 Å². The predicted octanol–water partition coefficient (Wildman–Crippen LogP) is 2.73. The highest BCUT2D eigenvalue weighted by Gasteiger charge is 2.09. The van der Waals surface area contributed by atoms with Crippen molar-refractivity contribution in [2.24, 2.45) is 0 Å². The zero-order valence-corrected chi connectivity index (χ0v) is 13.1. The number of aromatic nitrogens is 3. The number of benzene rings is 1. The highest BCUT2D eigenvalue weighted by atomic mass is 16.5. The molecule has 1 amide bonds. The van der Waals surface area contributed by atoms with Gasteiger partial charge in [-0.1, -0.05) is 18.2 Å². The number of hydrogen-bond acceptors (Lipinski definition) is 5. The van der Waals surface area contributed by atoms with Crippen LogP contribution in [-0.2, 0) is 11.2 Å². The molecule has 0 aliphatic heterocycles. The van der Waals surface area contributed by atoms with Gasteiger partial charge in [-0.15, -0.1) is 0 Å². The molecule has 0 aliphatic carbocycles. The summed E-state index contributed by atoms with van der Waals surface area (Å²) in [6.45, 7) is 0. The zero-order valence-electron chi connectivity index (χ0n) is 13.1. The van der Waals surface area contributed by atoms with Gasteiger partial charge in [0.1, 0.15) is 5.75 Å². The average molecular weight is 320 g/mol. The van der Waals surface area contributed by atoms with E-state index in [1.807, 2.05) is 36.4 Å². The monoisotopic (exact) mass is 320 g/mol. The Balaban J connectivity index is 1.67. The van der Waals surface area contributed by atoms with Crippen molar-refractivity contribution in [3.63, 3.8) is 0 Å². The van der Waals surface area contributed by atoms with E-state index in [0.29, 0.717) is 17.3 Å². The average Bonchev–Trinajstić information content (AvgIpc) is 2.63. The summed E-state index contributed by atoms with van der Waals surface area (Å²) in [5, 5.41) is 2.79. The summed E-state index contributed by atoms with van der Waals surface area (Å²) in [5.74, 6) is 1.10. The van der Waals surface area contributed by atoms with Crippen molar-refractivity contribution in [1.29, 1.82) is 0 Å². The fourth-order valence-electron chi connectivity index (χ4n) is 2.26. The largest absolute Gasteiger partial charge is 0.496 e. The number of anilines is 1. The molecule has 6 nitrogen and oxygen atoms in total. The first kappa shape index (κ1) is 15.6. The standard InChI is InChI=1S/C18H16N4O2/c1-24-16-7-3-2-5-13(16)9-17(23)22-15-11-20-18(21-12-15)14-6-4-8-19-10-14/h2-8,10-12H,9H2,1H3,(H,22,23). The van der Waals surface area contributed by atoms with Gasteiger partial charge in [-0.2, -0.15) is 0 Å². The lowest BCUT2D eigenvalue weighted by Gasteiger charge is -2.09.